The van der Waals surface area contributed by atoms with Gasteiger partial charge in [-0.05, 0) is 24.1 Å². The van der Waals surface area contributed by atoms with E-state index in [1.165, 1.54) is 16.8 Å². The molecule has 0 spiro atoms. The summed E-state index contributed by atoms with van der Waals surface area (Å²) in [7, 11) is 0. The minimum Gasteiger partial charge on any atom is -0.367 e. The van der Waals surface area contributed by atoms with E-state index in [0.717, 1.165) is 30.2 Å². The highest BCUT2D eigenvalue weighted by Gasteiger charge is 2.16. The Bertz CT molecular complexity index is 846. The molecule has 3 heteroatoms. The van der Waals surface area contributed by atoms with Crippen molar-refractivity contribution in [2.75, 3.05) is 0 Å². The van der Waals surface area contributed by atoms with Crippen LogP contribution in [0.25, 0.3) is 17.5 Å². The van der Waals surface area contributed by atoms with Gasteiger partial charge in [0.25, 0.3) is 0 Å². The number of nitrogens with zero attached hydrogens (tertiary/aromatic N) is 2. The zero-order valence-electron chi connectivity index (χ0n) is 13.2. The monoisotopic (exact) mass is 301 g/mol. The van der Waals surface area contributed by atoms with Crippen LogP contribution >= 0.6 is 0 Å². The number of aryl methyl sites for hydroxylation is 1. The van der Waals surface area contributed by atoms with Crippen molar-refractivity contribution in [3.63, 3.8) is 0 Å². The van der Waals surface area contributed by atoms with Crippen molar-refractivity contribution in [3.8, 4) is 11.4 Å². The summed E-state index contributed by atoms with van der Waals surface area (Å²) in [6.45, 7) is 3.94. The normalized spacial score (nSPS) is 13.2. The zero-order valence-corrected chi connectivity index (χ0v) is 13.2. The lowest BCUT2D eigenvalue weighted by Gasteiger charge is -2.23. The topological polar surface area (TPSA) is 31.9 Å². The van der Waals surface area contributed by atoms with E-state index in [2.05, 4.69) is 65.5 Å². The summed E-state index contributed by atoms with van der Waals surface area (Å²) in [4.78, 5) is 10.5. The van der Waals surface area contributed by atoms with E-state index in [9.17, 15) is 0 Å². The number of fused-ring (bicyclic) bond motifs is 1. The van der Waals surface area contributed by atoms with Crippen molar-refractivity contribution in [2.45, 2.75) is 20.0 Å². The average molecular weight is 301 g/mol. The highest BCUT2D eigenvalue weighted by atomic mass is 15.1. The first-order valence-corrected chi connectivity index (χ1v) is 7.91. The van der Waals surface area contributed by atoms with Gasteiger partial charge in [-0.1, -0.05) is 54.6 Å². The van der Waals surface area contributed by atoms with E-state index in [1.807, 2.05) is 18.2 Å². The molecule has 2 heterocycles. The van der Waals surface area contributed by atoms with Crippen LogP contribution in [-0.2, 0) is 13.1 Å². The number of H-pyrrole nitrogens is 1. The third-order valence-corrected chi connectivity index (χ3v) is 4.30. The van der Waals surface area contributed by atoms with Gasteiger partial charge in [0.2, 0.25) is 0 Å². The summed E-state index contributed by atoms with van der Waals surface area (Å²) in [5.74, 6) is 0.943. The first kappa shape index (κ1) is 13.8. The maximum Gasteiger partial charge on any atom is 0.138 e. The summed E-state index contributed by atoms with van der Waals surface area (Å²) in [6, 6.07) is 18.8. The van der Waals surface area contributed by atoms with Gasteiger partial charge >= 0.3 is 0 Å². The molecule has 1 N–H and O–H groups in total. The summed E-state index contributed by atoms with van der Waals surface area (Å²) in [5, 5.41) is 0. The molecule has 0 amide bonds. The Morgan fingerprint density at radius 1 is 1.04 bits per heavy atom. The Labute approximate surface area is 136 Å². The Morgan fingerprint density at radius 2 is 1.83 bits per heavy atom. The lowest BCUT2D eigenvalue weighted by atomic mass is 10.1. The summed E-state index contributed by atoms with van der Waals surface area (Å²) in [5.41, 5.74) is 6.05. The van der Waals surface area contributed by atoms with Crippen molar-refractivity contribution in [1.29, 1.82) is 0 Å². The van der Waals surface area contributed by atoms with Gasteiger partial charge in [0.15, 0.2) is 0 Å². The van der Waals surface area contributed by atoms with Crippen LogP contribution < -0.4 is 0 Å². The van der Waals surface area contributed by atoms with Crippen LogP contribution in [0.3, 0.4) is 0 Å². The largest absolute Gasteiger partial charge is 0.367 e. The molecule has 1 aliphatic rings. The molecule has 114 valence electrons. The van der Waals surface area contributed by atoms with E-state index >= 15 is 0 Å². The summed E-state index contributed by atoms with van der Waals surface area (Å²) < 4.78 is 0. The molecule has 0 radical (unpaired) electrons. The summed E-state index contributed by atoms with van der Waals surface area (Å²) in [6.07, 6.45) is 4.24. The number of imidazole rings is 1. The number of aromatic nitrogens is 2. The highest BCUT2D eigenvalue weighted by Crippen LogP contribution is 2.24. The summed E-state index contributed by atoms with van der Waals surface area (Å²) >= 11 is 0. The first-order chi connectivity index (χ1) is 11.3. The smallest absolute Gasteiger partial charge is 0.138 e. The van der Waals surface area contributed by atoms with Crippen LogP contribution in [0, 0.1) is 6.92 Å². The molecule has 4 rings (SSSR count). The fourth-order valence-corrected chi connectivity index (χ4v) is 2.96. The molecular formula is C20H19N3. The van der Waals surface area contributed by atoms with Crippen LogP contribution in [0.15, 0.2) is 60.8 Å². The van der Waals surface area contributed by atoms with Gasteiger partial charge in [-0.3, -0.25) is 0 Å². The second kappa shape index (κ2) is 5.76. The predicted octanol–water partition coefficient (Wildman–Crippen LogP) is 4.37. The minimum atomic E-state index is 0.861. The minimum absolute atomic E-state index is 0.861. The van der Waals surface area contributed by atoms with E-state index in [0.29, 0.717) is 0 Å². The van der Waals surface area contributed by atoms with E-state index in [1.54, 1.807) is 0 Å². The lowest BCUT2D eigenvalue weighted by Crippen LogP contribution is -2.20. The van der Waals surface area contributed by atoms with Gasteiger partial charge < -0.3 is 9.88 Å². The molecule has 0 fully saturated rings. The fourth-order valence-electron chi connectivity index (χ4n) is 2.96. The van der Waals surface area contributed by atoms with Crippen molar-refractivity contribution >= 4 is 6.08 Å². The van der Waals surface area contributed by atoms with Gasteiger partial charge in [0.05, 0.1) is 17.9 Å². The Kier molecular flexibility index (Phi) is 3.46. The number of aromatic amines is 1. The molecule has 0 aliphatic carbocycles. The van der Waals surface area contributed by atoms with Gasteiger partial charge in [-0.25, -0.2) is 4.98 Å². The van der Waals surface area contributed by atoms with E-state index < -0.39 is 0 Å². The number of benzene rings is 2. The SMILES string of the molecule is Cc1ccccc1CN1C=Cc2nc(-c3ccccc3)[nH]c2C1. The molecule has 0 unspecified atom stereocenters. The van der Waals surface area contributed by atoms with Crippen LogP contribution in [0.1, 0.15) is 22.5 Å². The number of hydrogen-bond donors (Lipinski definition) is 1. The molecule has 23 heavy (non-hydrogen) atoms. The molecule has 3 aromatic rings. The number of nitrogens with one attached hydrogen (secondary N) is 1. The van der Waals surface area contributed by atoms with Crippen molar-refractivity contribution in [3.05, 3.63) is 83.3 Å². The van der Waals surface area contributed by atoms with Gasteiger partial charge in [0.1, 0.15) is 5.82 Å². The second-order valence-electron chi connectivity index (χ2n) is 5.96. The van der Waals surface area contributed by atoms with Crippen LogP contribution in [0.5, 0.6) is 0 Å². The lowest BCUT2D eigenvalue weighted by molar-refractivity contribution is 0.354. The molecule has 0 bridgehead atoms. The Morgan fingerprint density at radius 3 is 2.65 bits per heavy atom. The average Bonchev–Trinajstić information content (AvgIpc) is 3.01. The highest BCUT2D eigenvalue weighted by molar-refractivity contribution is 5.60. The van der Waals surface area contributed by atoms with Gasteiger partial charge in [-0.2, -0.15) is 0 Å². The van der Waals surface area contributed by atoms with Crippen molar-refractivity contribution in [2.24, 2.45) is 0 Å². The maximum atomic E-state index is 4.71. The quantitative estimate of drug-likeness (QED) is 0.779. The number of rotatable bonds is 3. The molecule has 1 aromatic heterocycles. The third-order valence-electron chi connectivity index (χ3n) is 4.30. The third kappa shape index (κ3) is 2.78. The van der Waals surface area contributed by atoms with Crippen LogP contribution in [0.4, 0.5) is 0 Å². The van der Waals surface area contributed by atoms with Crippen molar-refractivity contribution in [1.82, 2.24) is 14.9 Å². The van der Waals surface area contributed by atoms with E-state index in [-0.39, 0.29) is 0 Å². The van der Waals surface area contributed by atoms with Gasteiger partial charge in [-0.15, -0.1) is 0 Å². The fraction of sp³-hybridized carbons (Fsp3) is 0.150. The van der Waals surface area contributed by atoms with Crippen LogP contribution in [-0.4, -0.2) is 14.9 Å². The molecule has 3 nitrogen and oxygen atoms in total. The molecule has 0 atom stereocenters. The Hall–Kier alpha value is -2.81. The van der Waals surface area contributed by atoms with Gasteiger partial charge in [0, 0.05) is 18.3 Å². The van der Waals surface area contributed by atoms with Crippen LogP contribution in [0.2, 0.25) is 0 Å². The molecule has 0 saturated heterocycles. The molecule has 2 aromatic carbocycles. The van der Waals surface area contributed by atoms with Crippen molar-refractivity contribution < 1.29 is 0 Å². The molecule has 1 aliphatic heterocycles. The predicted molar refractivity (Wildman–Crippen MR) is 93.5 cm³/mol. The molecule has 0 saturated carbocycles. The standard InChI is InChI=1S/C20H19N3/c1-15-7-5-6-10-17(15)13-23-12-11-18-19(14-23)22-20(21-18)16-8-3-2-4-9-16/h2-12H,13-14H2,1H3,(H,21,22). The second-order valence-corrected chi connectivity index (χ2v) is 5.96. The number of hydrogen-bond acceptors (Lipinski definition) is 2. The first-order valence-electron chi connectivity index (χ1n) is 7.91. The molecular weight excluding hydrogens is 282 g/mol. The van der Waals surface area contributed by atoms with E-state index in [4.69, 9.17) is 4.98 Å². The zero-order chi connectivity index (χ0) is 15.6. The Balaban J connectivity index is 1.56. The maximum absolute atomic E-state index is 4.71.